The zero-order chi connectivity index (χ0) is 7.98. The van der Waals surface area contributed by atoms with Crippen LogP contribution in [0.4, 0.5) is 0 Å². The molecule has 0 unspecified atom stereocenters. The Morgan fingerprint density at radius 1 is 1.70 bits per heavy atom. The van der Waals surface area contributed by atoms with Crippen molar-refractivity contribution in [3.63, 3.8) is 0 Å². The topological polar surface area (TPSA) is 38.0 Å². The molecule has 3 N–H and O–H groups in total. The van der Waals surface area contributed by atoms with E-state index in [0.717, 1.165) is 24.4 Å². The van der Waals surface area contributed by atoms with E-state index >= 15 is 0 Å². The van der Waals surface area contributed by atoms with Gasteiger partial charge in [-0.3, -0.25) is 0 Å². The van der Waals surface area contributed by atoms with Crippen molar-refractivity contribution >= 4 is 0 Å². The maximum atomic E-state index is 5.43. The Labute approximate surface area is 62.8 Å². The quantitative estimate of drug-likeness (QED) is 0.579. The molecule has 0 bridgehead atoms. The number of allylic oxidation sites excluding steroid dienone is 2. The van der Waals surface area contributed by atoms with Gasteiger partial charge in [-0.25, -0.2) is 0 Å². The molecule has 0 aliphatic carbocycles. The maximum absolute atomic E-state index is 5.43. The first-order valence-electron chi connectivity index (χ1n) is 3.53. The third kappa shape index (κ3) is 5.22. The molecular weight excluding hydrogens is 124 g/mol. The van der Waals surface area contributed by atoms with E-state index in [1.165, 1.54) is 0 Å². The Bertz CT molecular complexity index is 132. The minimum atomic E-state index is 0.786. The van der Waals surface area contributed by atoms with Gasteiger partial charge in [0.2, 0.25) is 0 Å². The van der Waals surface area contributed by atoms with Gasteiger partial charge in [0.1, 0.15) is 0 Å². The van der Waals surface area contributed by atoms with Crippen LogP contribution >= 0.6 is 0 Å². The molecule has 0 saturated carbocycles. The van der Waals surface area contributed by atoms with E-state index in [1.807, 2.05) is 13.0 Å². The predicted molar refractivity (Wildman–Crippen MR) is 45.4 cm³/mol. The molecule has 0 fully saturated rings. The third-order valence-corrected chi connectivity index (χ3v) is 1.00. The molecule has 0 rings (SSSR count). The molecule has 2 heteroatoms. The normalized spacial score (nSPS) is 11.2. The van der Waals surface area contributed by atoms with Crippen molar-refractivity contribution in [3.8, 4) is 0 Å². The third-order valence-electron chi connectivity index (χ3n) is 1.00. The smallest absolute Gasteiger partial charge is 0.0284 e. The first-order chi connectivity index (χ1) is 4.66. The molecule has 0 saturated heterocycles. The molecule has 0 aromatic rings. The number of rotatable bonds is 4. The van der Waals surface area contributed by atoms with Gasteiger partial charge in [0.05, 0.1) is 0 Å². The Kier molecular flexibility index (Phi) is 4.46. The molecule has 58 valence electrons. The Hall–Kier alpha value is -0.920. The minimum absolute atomic E-state index is 0.786. The van der Waals surface area contributed by atoms with Crippen molar-refractivity contribution in [1.82, 2.24) is 5.32 Å². The van der Waals surface area contributed by atoms with Crippen LogP contribution in [0.15, 0.2) is 24.0 Å². The van der Waals surface area contributed by atoms with Crippen LogP contribution in [0.1, 0.15) is 20.3 Å². The maximum Gasteiger partial charge on any atom is 0.0284 e. The highest BCUT2D eigenvalue weighted by Gasteiger charge is 1.85. The van der Waals surface area contributed by atoms with Crippen LogP contribution in [0.2, 0.25) is 0 Å². The van der Waals surface area contributed by atoms with Crippen LogP contribution in [0.25, 0.3) is 0 Å². The van der Waals surface area contributed by atoms with Gasteiger partial charge in [-0.1, -0.05) is 13.5 Å². The zero-order valence-electron chi connectivity index (χ0n) is 6.78. The summed E-state index contributed by atoms with van der Waals surface area (Å²) in [5, 5.41) is 3.11. The van der Waals surface area contributed by atoms with Crippen molar-refractivity contribution in [1.29, 1.82) is 0 Å². The zero-order valence-corrected chi connectivity index (χ0v) is 6.78. The lowest BCUT2D eigenvalue weighted by atomic mass is 10.3. The Morgan fingerprint density at radius 3 is 2.70 bits per heavy atom. The largest absolute Gasteiger partial charge is 0.402 e. The summed E-state index contributed by atoms with van der Waals surface area (Å²) in [5.41, 5.74) is 7.10. The first kappa shape index (κ1) is 9.08. The van der Waals surface area contributed by atoms with Crippen molar-refractivity contribution in [2.45, 2.75) is 20.3 Å². The van der Waals surface area contributed by atoms with Gasteiger partial charge >= 0.3 is 0 Å². The van der Waals surface area contributed by atoms with Crippen LogP contribution in [0.3, 0.4) is 0 Å². The molecule has 0 heterocycles. The number of nitrogens with one attached hydrogen (secondary N) is 1. The molecule has 0 aromatic heterocycles. The van der Waals surface area contributed by atoms with Crippen molar-refractivity contribution in [2.24, 2.45) is 5.73 Å². The predicted octanol–water partition coefficient (Wildman–Crippen LogP) is 1.36. The minimum Gasteiger partial charge on any atom is -0.402 e. The summed E-state index contributed by atoms with van der Waals surface area (Å²) < 4.78 is 0. The SMILES string of the molecule is C=C(/C=C(/C)N)NCCC. The van der Waals surface area contributed by atoms with Crippen LogP contribution in [-0.4, -0.2) is 6.54 Å². The second-order valence-electron chi connectivity index (χ2n) is 2.34. The molecule has 0 aromatic carbocycles. The van der Waals surface area contributed by atoms with Crippen LogP contribution in [0, 0.1) is 0 Å². The highest BCUT2D eigenvalue weighted by molar-refractivity contribution is 5.15. The molecule has 0 amide bonds. The number of hydrogen-bond donors (Lipinski definition) is 2. The summed E-state index contributed by atoms with van der Waals surface area (Å²) in [6, 6.07) is 0. The fourth-order valence-corrected chi connectivity index (χ4v) is 0.611. The number of nitrogens with two attached hydrogens (primary N) is 1. The molecule has 2 nitrogen and oxygen atoms in total. The van der Waals surface area contributed by atoms with Gasteiger partial charge in [0.15, 0.2) is 0 Å². The van der Waals surface area contributed by atoms with Gasteiger partial charge in [0, 0.05) is 17.9 Å². The van der Waals surface area contributed by atoms with E-state index in [2.05, 4.69) is 18.8 Å². The summed E-state index contributed by atoms with van der Waals surface area (Å²) in [6.45, 7) is 8.68. The van der Waals surface area contributed by atoms with E-state index < -0.39 is 0 Å². The fraction of sp³-hybridized carbons (Fsp3) is 0.500. The van der Waals surface area contributed by atoms with Gasteiger partial charge < -0.3 is 11.1 Å². The second-order valence-corrected chi connectivity index (χ2v) is 2.34. The molecule has 0 radical (unpaired) electrons. The fourth-order valence-electron chi connectivity index (χ4n) is 0.611. The summed E-state index contributed by atoms with van der Waals surface area (Å²) in [5.74, 6) is 0. The average Bonchev–Trinajstić information content (AvgIpc) is 1.82. The molecule has 10 heavy (non-hydrogen) atoms. The average molecular weight is 140 g/mol. The molecule has 0 atom stereocenters. The molecule has 0 spiro atoms. The highest BCUT2D eigenvalue weighted by Crippen LogP contribution is 1.90. The Balaban J connectivity index is 3.54. The van der Waals surface area contributed by atoms with Crippen LogP contribution in [-0.2, 0) is 0 Å². The lowest BCUT2D eigenvalue weighted by molar-refractivity contribution is 0.785. The van der Waals surface area contributed by atoms with Gasteiger partial charge in [0.25, 0.3) is 0 Å². The van der Waals surface area contributed by atoms with Crippen molar-refractivity contribution < 1.29 is 0 Å². The van der Waals surface area contributed by atoms with E-state index in [-0.39, 0.29) is 0 Å². The highest BCUT2D eigenvalue weighted by atomic mass is 14.9. The summed E-state index contributed by atoms with van der Waals surface area (Å²) in [4.78, 5) is 0. The van der Waals surface area contributed by atoms with Crippen molar-refractivity contribution in [2.75, 3.05) is 6.54 Å². The van der Waals surface area contributed by atoms with Gasteiger partial charge in [-0.05, 0) is 19.4 Å². The lowest BCUT2D eigenvalue weighted by Crippen LogP contribution is -2.12. The monoisotopic (exact) mass is 140 g/mol. The summed E-state index contributed by atoms with van der Waals surface area (Å²) in [7, 11) is 0. The summed E-state index contributed by atoms with van der Waals surface area (Å²) >= 11 is 0. The van der Waals surface area contributed by atoms with Crippen LogP contribution in [0.5, 0.6) is 0 Å². The molecule has 0 aliphatic heterocycles. The lowest BCUT2D eigenvalue weighted by Gasteiger charge is -2.02. The van der Waals surface area contributed by atoms with E-state index in [9.17, 15) is 0 Å². The Morgan fingerprint density at radius 2 is 2.30 bits per heavy atom. The van der Waals surface area contributed by atoms with E-state index in [4.69, 9.17) is 5.73 Å². The van der Waals surface area contributed by atoms with E-state index in [1.54, 1.807) is 0 Å². The standard InChI is InChI=1S/C8H16N2/c1-4-5-10-8(3)6-7(2)9/h6,10H,3-5,9H2,1-2H3/b7-6-. The summed E-state index contributed by atoms with van der Waals surface area (Å²) in [6.07, 6.45) is 2.94. The van der Waals surface area contributed by atoms with Crippen molar-refractivity contribution in [3.05, 3.63) is 24.0 Å². The van der Waals surface area contributed by atoms with Gasteiger partial charge in [-0.2, -0.15) is 0 Å². The molecular formula is C8H16N2. The van der Waals surface area contributed by atoms with Crippen LogP contribution < -0.4 is 11.1 Å². The van der Waals surface area contributed by atoms with E-state index in [0.29, 0.717) is 0 Å². The first-order valence-corrected chi connectivity index (χ1v) is 3.53. The number of hydrogen-bond acceptors (Lipinski definition) is 2. The second kappa shape index (κ2) is 4.91. The van der Waals surface area contributed by atoms with Gasteiger partial charge in [-0.15, -0.1) is 0 Å². The molecule has 0 aliphatic rings.